The van der Waals surface area contributed by atoms with E-state index in [4.69, 9.17) is 0 Å². The molecule has 6 heteroatoms. The van der Waals surface area contributed by atoms with Crippen LogP contribution in [0.3, 0.4) is 0 Å². The number of carboxylic acid groups (broad SMARTS) is 1. The zero-order valence-corrected chi connectivity index (χ0v) is 12.6. The smallest absolute Gasteiger partial charge is 0.319 e. The van der Waals surface area contributed by atoms with E-state index >= 15 is 0 Å². The van der Waals surface area contributed by atoms with Crippen molar-refractivity contribution in [3.05, 3.63) is 53.9 Å². The van der Waals surface area contributed by atoms with Crippen molar-refractivity contribution in [1.82, 2.24) is 9.78 Å². The van der Waals surface area contributed by atoms with E-state index in [2.05, 4.69) is 5.10 Å². The minimum Gasteiger partial charge on any atom is -0.480 e. The van der Waals surface area contributed by atoms with E-state index in [9.17, 15) is 14.1 Å². The SMILES string of the molecule is CCn1cc(CS(=O)C(Cc2ccccc2)C(=O)O)cn1. The first-order chi connectivity index (χ1) is 10.1. The van der Waals surface area contributed by atoms with Gasteiger partial charge in [0.15, 0.2) is 0 Å². The maximum absolute atomic E-state index is 12.3. The molecule has 0 aliphatic heterocycles. The molecule has 2 unspecified atom stereocenters. The van der Waals surface area contributed by atoms with Crippen LogP contribution in [0.5, 0.6) is 0 Å². The molecule has 1 heterocycles. The number of rotatable bonds is 7. The second kappa shape index (κ2) is 7.17. The fourth-order valence-electron chi connectivity index (χ4n) is 2.04. The fourth-order valence-corrected chi connectivity index (χ4v) is 3.32. The van der Waals surface area contributed by atoms with Gasteiger partial charge in [-0.1, -0.05) is 30.3 Å². The number of aliphatic carboxylic acids is 1. The van der Waals surface area contributed by atoms with Gasteiger partial charge in [-0.05, 0) is 18.9 Å². The van der Waals surface area contributed by atoms with Crippen LogP contribution in [-0.4, -0.2) is 30.3 Å². The third-order valence-electron chi connectivity index (χ3n) is 3.18. The molecule has 0 saturated heterocycles. The Hall–Kier alpha value is -1.95. The van der Waals surface area contributed by atoms with Crippen LogP contribution in [0.4, 0.5) is 0 Å². The topological polar surface area (TPSA) is 72.2 Å². The van der Waals surface area contributed by atoms with Gasteiger partial charge in [0.05, 0.1) is 11.9 Å². The lowest BCUT2D eigenvalue weighted by molar-refractivity contribution is -0.136. The highest BCUT2D eigenvalue weighted by molar-refractivity contribution is 7.85. The summed E-state index contributed by atoms with van der Waals surface area (Å²) < 4.78 is 14.1. The van der Waals surface area contributed by atoms with E-state index in [0.717, 1.165) is 17.7 Å². The zero-order chi connectivity index (χ0) is 15.2. The Morgan fingerprint density at radius 3 is 2.62 bits per heavy atom. The Morgan fingerprint density at radius 1 is 1.33 bits per heavy atom. The first-order valence-corrected chi connectivity index (χ1v) is 8.13. The fraction of sp³-hybridized carbons (Fsp3) is 0.333. The molecular weight excluding hydrogens is 288 g/mol. The molecule has 0 aliphatic rings. The molecule has 1 N–H and O–H groups in total. The maximum atomic E-state index is 12.3. The minimum absolute atomic E-state index is 0.212. The molecule has 0 radical (unpaired) electrons. The summed E-state index contributed by atoms with van der Waals surface area (Å²) in [4.78, 5) is 11.4. The normalized spacial score (nSPS) is 13.8. The van der Waals surface area contributed by atoms with Crippen LogP contribution in [0.1, 0.15) is 18.1 Å². The predicted molar refractivity (Wildman–Crippen MR) is 81.3 cm³/mol. The van der Waals surface area contributed by atoms with Crippen LogP contribution in [0.25, 0.3) is 0 Å². The maximum Gasteiger partial charge on any atom is 0.319 e. The highest BCUT2D eigenvalue weighted by Gasteiger charge is 2.25. The van der Waals surface area contributed by atoms with Crippen molar-refractivity contribution in [1.29, 1.82) is 0 Å². The summed E-state index contributed by atoms with van der Waals surface area (Å²) >= 11 is 0. The van der Waals surface area contributed by atoms with Gasteiger partial charge in [0.25, 0.3) is 0 Å². The summed E-state index contributed by atoms with van der Waals surface area (Å²) in [5.41, 5.74) is 1.68. The average Bonchev–Trinajstić information content (AvgIpc) is 2.93. The average molecular weight is 306 g/mol. The number of carbonyl (C=O) groups is 1. The standard InChI is InChI=1S/C15H18N2O3S/c1-2-17-10-13(9-16-17)11-21(20)14(15(18)19)8-12-6-4-3-5-7-12/h3-7,9-10,14H,2,8,11H2,1H3,(H,18,19). The van der Waals surface area contributed by atoms with E-state index in [1.807, 2.05) is 37.3 Å². The van der Waals surface area contributed by atoms with Gasteiger partial charge < -0.3 is 5.11 Å². The molecule has 1 aromatic carbocycles. The van der Waals surface area contributed by atoms with Crippen molar-refractivity contribution in [2.24, 2.45) is 0 Å². The molecule has 2 atom stereocenters. The van der Waals surface area contributed by atoms with E-state index in [-0.39, 0.29) is 12.2 Å². The van der Waals surface area contributed by atoms with Crippen molar-refractivity contribution < 1.29 is 14.1 Å². The Kier molecular flexibility index (Phi) is 5.27. The summed E-state index contributed by atoms with van der Waals surface area (Å²) in [5, 5.41) is 12.5. The molecule has 0 spiro atoms. The molecule has 2 aromatic rings. The third kappa shape index (κ3) is 4.26. The molecule has 1 aromatic heterocycles. The van der Waals surface area contributed by atoms with E-state index in [1.165, 1.54) is 0 Å². The Morgan fingerprint density at radius 2 is 2.05 bits per heavy atom. The second-order valence-corrected chi connectivity index (χ2v) is 6.37. The van der Waals surface area contributed by atoms with E-state index < -0.39 is 22.0 Å². The van der Waals surface area contributed by atoms with Crippen LogP contribution in [0.15, 0.2) is 42.7 Å². The second-order valence-electron chi connectivity index (χ2n) is 4.75. The number of hydrogen-bond donors (Lipinski definition) is 1. The molecule has 0 amide bonds. The number of aryl methyl sites for hydroxylation is 1. The Bertz CT molecular complexity index is 625. The van der Waals surface area contributed by atoms with Gasteiger partial charge >= 0.3 is 5.97 Å². The van der Waals surface area contributed by atoms with Crippen molar-refractivity contribution in [2.75, 3.05) is 0 Å². The quantitative estimate of drug-likeness (QED) is 0.847. The van der Waals surface area contributed by atoms with Crippen molar-refractivity contribution in [3.63, 3.8) is 0 Å². The Balaban J connectivity index is 2.07. The number of carboxylic acids is 1. The molecule has 0 saturated carbocycles. The number of hydrogen-bond acceptors (Lipinski definition) is 3. The summed E-state index contributed by atoms with van der Waals surface area (Å²) in [6.45, 7) is 2.70. The van der Waals surface area contributed by atoms with Crippen molar-refractivity contribution in [3.8, 4) is 0 Å². The molecule has 2 rings (SSSR count). The van der Waals surface area contributed by atoms with Crippen LogP contribution in [0, 0.1) is 0 Å². The number of aromatic nitrogens is 2. The highest BCUT2D eigenvalue weighted by atomic mass is 32.2. The van der Waals surface area contributed by atoms with E-state index in [1.54, 1.807) is 17.1 Å². The lowest BCUT2D eigenvalue weighted by Gasteiger charge is -2.11. The lowest BCUT2D eigenvalue weighted by atomic mass is 10.1. The zero-order valence-electron chi connectivity index (χ0n) is 11.8. The van der Waals surface area contributed by atoms with Gasteiger partial charge in [0, 0.05) is 29.1 Å². The number of nitrogens with zero attached hydrogens (tertiary/aromatic N) is 2. The molecule has 0 fully saturated rings. The van der Waals surface area contributed by atoms with Crippen LogP contribution in [0.2, 0.25) is 0 Å². The van der Waals surface area contributed by atoms with Crippen LogP contribution < -0.4 is 0 Å². The molecule has 5 nitrogen and oxygen atoms in total. The highest BCUT2D eigenvalue weighted by Crippen LogP contribution is 2.13. The summed E-state index contributed by atoms with van der Waals surface area (Å²) in [6.07, 6.45) is 3.72. The Labute approximate surface area is 126 Å². The molecule has 0 aliphatic carbocycles. The van der Waals surface area contributed by atoms with Crippen LogP contribution >= 0.6 is 0 Å². The summed E-state index contributed by atoms with van der Waals surface area (Å²) in [5.74, 6) is -0.816. The lowest BCUT2D eigenvalue weighted by Crippen LogP contribution is -2.28. The minimum atomic E-state index is -1.48. The molecule has 0 bridgehead atoms. The summed E-state index contributed by atoms with van der Waals surface area (Å²) in [6, 6.07) is 9.27. The molecule has 112 valence electrons. The van der Waals surface area contributed by atoms with Gasteiger partial charge in [0.1, 0.15) is 5.25 Å². The van der Waals surface area contributed by atoms with Gasteiger partial charge in [-0.25, -0.2) is 0 Å². The van der Waals surface area contributed by atoms with Crippen LogP contribution in [-0.2, 0) is 34.3 Å². The predicted octanol–water partition coefficient (Wildman–Crippen LogP) is 1.85. The molecule has 21 heavy (non-hydrogen) atoms. The van der Waals surface area contributed by atoms with E-state index in [0.29, 0.717) is 0 Å². The number of benzene rings is 1. The van der Waals surface area contributed by atoms with Gasteiger partial charge in [-0.3, -0.25) is 13.7 Å². The first kappa shape index (κ1) is 15.4. The first-order valence-electron chi connectivity index (χ1n) is 6.75. The van der Waals surface area contributed by atoms with Crippen molar-refractivity contribution in [2.45, 2.75) is 30.9 Å². The van der Waals surface area contributed by atoms with Gasteiger partial charge in [0.2, 0.25) is 0 Å². The van der Waals surface area contributed by atoms with Gasteiger partial charge in [-0.15, -0.1) is 0 Å². The van der Waals surface area contributed by atoms with Crippen molar-refractivity contribution >= 4 is 16.8 Å². The molecular formula is C15H18N2O3S. The van der Waals surface area contributed by atoms with Gasteiger partial charge in [-0.2, -0.15) is 5.10 Å². The third-order valence-corrected chi connectivity index (χ3v) is 4.80. The summed E-state index contributed by atoms with van der Waals surface area (Å²) in [7, 11) is -1.48. The monoisotopic (exact) mass is 306 g/mol. The largest absolute Gasteiger partial charge is 0.480 e.